The predicted octanol–water partition coefficient (Wildman–Crippen LogP) is 0.406. The molecule has 2 heterocycles. The van der Waals surface area contributed by atoms with E-state index < -0.39 is 17.1 Å². The smallest absolute Gasteiger partial charge is 0.350 e. The van der Waals surface area contributed by atoms with Gasteiger partial charge in [-0.2, -0.15) is 4.68 Å². The molecule has 4 N–H and O–H groups in total. The summed E-state index contributed by atoms with van der Waals surface area (Å²) in [4.78, 5) is 27.3. The van der Waals surface area contributed by atoms with Gasteiger partial charge in [-0.15, -0.1) is 0 Å². The van der Waals surface area contributed by atoms with Crippen LogP contribution in [0.25, 0.3) is 10.9 Å². The SMILES string of the molecule is COC[C@@H](N)[C@H]1CN(c2cc3c(c(OC)c2F)c(=O)n(N)c(=O)n3C2CC2)C[C@@H]1C. The molecule has 2 aromatic rings. The van der Waals surface area contributed by atoms with Gasteiger partial charge in [0.2, 0.25) is 0 Å². The molecule has 1 saturated heterocycles. The molecule has 9 nitrogen and oxygen atoms in total. The van der Waals surface area contributed by atoms with E-state index >= 15 is 4.39 Å². The van der Waals surface area contributed by atoms with Crippen LogP contribution in [-0.2, 0) is 4.74 Å². The van der Waals surface area contributed by atoms with Gasteiger partial charge in [-0.25, -0.2) is 9.18 Å². The maximum atomic E-state index is 15.5. The first-order valence-corrected chi connectivity index (χ1v) is 10.1. The number of rotatable bonds is 6. The molecule has 1 saturated carbocycles. The molecule has 2 fully saturated rings. The number of nitrogens with two attached hydrogens (primary N) is 2. The van der Waals surface area contributed by atoms with Crippen molar-refractivity contribution in [2.45, 2.75) is 31.8 Å². The molecule has 164 valence electrons. The molecule has 0 radical (unpaired) electrons. The molecule has 4 rings (SSSR count). The predicted molar refractivity (Wildman–Crippen MR) is 112 cm³/mol. The number of methoxy groups -OCH3 is 2. The maximum absolute atomic E-state index is 15.5. The first-order chi connectivity index (χ1) is 14.3. The number of halogens is 1. The number of ether oxygens (including phenoxy) is 2. The number of hydrogen-bond donors (Lipinski definition) is 2. The topological polar surface area (TPSA) is 118 Å². The summed E-state index contributed by atoms with van der Waals surface area (Å²) in [5.41, 5.74) is 5.52. The van der Waals surface area contributed by atoms with Crippen molar-refractivity contribution in [3.05, 3.63) is 32.7 Å². The number of anilines is 1. The largest absolute Gasteiger partial charge is 0.493 e. The third-order valence-electron chi connectivity index (χ3n) is 6.32. The van der Waals surface area contributed by atoms with E-state index in [9.17, 15) is 9.59 Å². The highest BCUT2D eigenvalue weighted by atomic mass is 19.1. The Balaban J connectivity index is 1.89. The first kappa shape index (κ1) is 20.7. The molecule has 2 aliphatic rings. The lowest BCUT2D eigenvalue weighted by molar-refractivity contribution is 0.152. The summed E-state index contributed by atoms with van der Waals surface area (Å²) in [6.45, 7) is 3.63. The van der Waals surface area contributed by atoms with E-state index in [-0.39, 0.29) is 35.1 Å². The standard InChI is InChI=1S/C20H28FN5O4/c1-10-7-24(8-12(10)13(22)9-29-2)15-6-14-16(18(30-3)17(15)21)19(27)26(23)20(28)25(14)11-4-5-11/h6,10-13H,4-5,7-9,22-23H2,1-3H3/t10-,12-,13+/m0/s1. The number of hydrogen-bond acceptors (Lipinski definition) is 7. The normalized spacial score (nSPS) is 22.6. The molecule has 10 heteroatoms. The molecule has 0 amide bonds. The summed E-state index contributed by atoms with van der Waals surface area (Å²) in [5.74, 6) is 5.21. The summed E-state index contributed by atoms with van der Waals surface area (Å²) < 4.78 is 28.0. The summed E-state index contributed by atoms with van der Waals surface area (Å²) in [7, 11) is 2.91. The number of aromatic nitrogens is 2. The van der Waals surface area contributed by atoms with Crippen LogP contribution < -0.4 is 32.5 Å². The van der Waals surface area contributed by atoms with E-state index in [0.717, 1.165) is 12.8 Å². The van der Waals surface area contributed by atoms with Crippen molar-refractivity contribution in [2.75, 3.05) is 44.7 Å². The summed E-state index contributed by atoms with van der Waals surface area (Å²) in [5, 5.41) is -0.0207. The van der Waals surface area contributed by atoms with E-state index in [1.54, 1.807) is 13.2 Å². The summed E-state index contributed by atoms with van der Waals surface area (Å²) >= 11 is 0. The van der Waals surface area contributed by atoms with Crippen LogP contribution in [-0.4, -0.2) is 49.2 Å². The second kappa shape index (κ2) is 7.59. The Morgan fingerprint density at radius 3 is 2.57 bits per heavy atom. The molecule has 0 bridgehead atoms. The number of fused-ring (bicyclic) bond motifs is 1. The zero-order valence-electron chi connectivity index (χ0n) is 17.4. The fourth-order valence-corrected chi connectivity index (χ4v) is 4.60. The van der Waals surface area contributed by atoms with Crippen LogP contribution in [0.3, 0.4) is 0 Å². The van der Waals surface area contributed by atoms with E-state index in [1.807, 2.05) is 4.90 Å². The molecule has 1 aromatic carbocycles. The van der Waals surface area contributed by atoms with Crippen molar-refractivity contribution >= 4 is 16.6 Å². The van der Waals surface area contributed by atoms with Crippen LogP contribution in [0.4, 0.5) is 10.1 Å². The van der Waals surface area contributed by atoms with Gasteiger partial charge in [0.1, 0.15) is 5.39 Å². The highest BCUT2D eigenvalue weighted by Gasteiger charge is 2.37. The molecule has 1 aliphatic heterocycles. The molecular weight excluding hydrogens is 393 g/mol. The fourth-order valence-electron chi connectivity index (χ4n) is 4.60. The van der Waals surface area contributed by atoms with Crippen LogP contribution >= 0.6 is 0 Å². The van der Waals surface area contributed by atoms with Gasteiger partial charge in [0, 0.05) is 32.3 Å². The highest BCUT2D eigenvalue weighted by molar-refractivity contribution is 5.89. The van der Waals surface area contributed by atoms with E-state index in [4.69, 9.17) is 21.1 Å². The minimum Gasteiger partial charge on any atom is -0.493 e. The van der Waals surface area contributed by atoms with Gasteiger partial charge >= 0.3 is 5.69 Å². The Hall–Kier alpha value is -2.59. The highest BCUT2D eigenvalue weighted by Crippen LogP contribution is 2.41. The van der Waals surface area contributed by atoms with Gasteiger partial charge in [0.05, 0.1) is 24.9 Å². The van der Waals surface area contributed by atoms with Gasteiger partial charge in [-0.1, -0.05) is 6.92 Å². The molecule has 0 unspecified atom stereocenters. The van der Waals surface area contributed by atoms with Gasteiger partial charge in [0.25, 0.3) is 5.56 Å². The Labute approximate surface area is 172 Å². The third-order valence-corrected chi connectivity index (χ3v) is 6.32. The van der Waals surface area contributed by atoms with Crippen molar-refractivity contribution in [3.8, 4) is 5.75 Å². The van der Waals surface area contributed by atoms with Gasteiger partial charge in [0.15, 0.2) is 11.6 Å². The van der Waals surface area contributed by atoms with Gasteiger partial charge < -0.3 is 25.9 Å². The quantitative estimate of drug-likeness (QED) is 0.649. The van der Waals surface area contributed by atoms with Crippen LogP contribution in [0.15, 0.2) is 15.7 Å². The number of nitrogen functional groups attached to an aromatic ring is 1. The Morgan fingerprint density at radius 2 is 1.97 bits per heavy atom. The molecule has 30 heavy (non-hydrogen) atoms. The number of benzene rings is 1. The Bertz CT molecular complexity index is 1090. The molecule has 3 atom stereocenters. The lowest BCUT2D eigenvalue weighted by Crippen LogP contribution is -2.44. The van der Waals surface area contributed by atoms with E-state index in [2.05, 4.69) is 6.92 Å². The van der Waals surface area contributed by atoms with Crippen LogP contribution in [0, 0.1) is 17.7 Å². The zero-order chi connectivity index (χ0) is 21.7. The van der Waals surface area contributed by atoms with Crippen LogP contribution in [0.2, 0.25) is 0 Å². The van der Waals surface area contributed by atoms with Crippen molar-refractivity contribution in [1.82, 2.24) is 9.24 Å². The van der Waals surface area contributed by atoms with Crippen molar-refractivity contribution in [3.63, 3.8) is 0 Å². The van der Waals surface area contributed by atoms with E-state index in [0.29, 0.717) is 35.6 Å². The summed E-state index contributed by atoms with van der Waals surface area (Å²) in [6.07, 6.45) is 1.61. The average molecular weight is 421 g/mol. The van der Waals surface area contributed by atoms with Crippen molar-refractivity contribution in [2.24, 2.45) is 17.6 Å². The molecule has 0 spiro atoms. The second-order valence-electron chi connectivity index (χ2n) is 8.36. The van der Waals surface area contributed by atoms with E-state index in [1.165, 1.54) is 11.7 Å². The molecular formula is C20H28FN5O4. The van der Waals surface area contributed by atoms with Gasteiger partial charge in [-0.05, 0) is 30.7 Å². The first-order valence-electron chi connectivity index (χ1n) is 10.1. The van der Waals surface area contributed by atoms with Gasteiger partial charge in [-0.3, -0.25) is 9.36 Å². The lowest BCUT2D eigenvalue weighted by Gasteiger charge is -2.24. The fraction of sp³-hybridized carbons (Fsp3) is 0.600. The summed E-state index contributed by atoms with van der Waals surface area (Å²) in [6, 6.07) is 1.35. The third kappa shape index (κ3) is 3.14. The monoisotopic (exact) mass is 421 g/mol. The minimum atomic E-state index is -0.774. The average Bonchev–Trinajstić information content (AvgIpc) is 3.47. The lowest BCUT2D eigenvalue weighted by atomic mass is 9.91. The molecule has 1 aromatic heterocycles. The zero-order valence-corrected chi connectivity index (χ0v) is 17.4. The molecule has 1 aliphatic carbocycles. The van der Waals surface area contributed by atoms with Crippen LogP contribution in [0.1, 0.15) is 25.8 Å². The second-order valence-corrected chi connectivity index (χ2v) is 8.36. The Kier molecular flexibility index (Phi) is 5.23. The van der Waals surface area contributed by atoms with Crippen molar-refractivity contribution in [1.29, 1.82) is 0 Å². The van der Waals surface area contributed by atoms with Crippen molar-refractivity contribution < 1.29 is 13.9 Å². The van der Waals surface area contributed by atoms with Crippen LogP contribution in [0.5, 0.6) is 5.75 Å². The number of nitrogens with zero attached hydrogens (tertiary/aromatic N) is 3. The Morgan fingerprint density at radius 1 is 1.27 bits per heavy atom. The minimum absolute atomic E-state index is 0.0207. The maximum Gasteiger partial charge on any atom is 0.350 e.